The predicted molar refractivity (Wildman–Crippen MR) is 163 cm³/mol. The molecular weight excluding hydrogens is 508 g/mol. The van der Waals surface area contributed by atoms with Crippen LogP contribution in [0.5, 0.6) is 5.75 Å². The summed E-state index contributed by atoms with van der Waals surface area (Å²) in [5.41, 5.74) is 5.44. The number of para-hydroxylation sites is 1. The number of ether oxygens (including phenoxy) is 1. The van der Waals surface area contributed by atoms with E-state index in [0.717, 1.165) is 82.9 Å². The van der Waals surface area contributed by atoms with Crippen molar-refractivity contribution in [2.75, 3.05) is 45.9 Å². The van der Waals surface area contributed by atoms with Gasteiger partial charge in [0.25, 0.3) is 0 Å². The van der Waals surface area contributed by atoms with Gasteiger partial charge in [0.05, 0.1) is 12.2 Å². The van der Waals surface area contributed by atoms with Crippen LogP contribution in [0, 0.1) is 5.41 Å². The highest BCUT2D eigenvalue weighted by atomic mass is 16.5. The SMILES string of the molecule is O=C(CN1CCc2ccccc2C1)N1CCC2(CCCCc3ccccc3OCCN(Cc3ccccn3)C2)CC1. The third-order valence-corrected chi connectivity index (χ3v) is 9.46. The summed E-state index contributed by atoms with van der Waals surface area (Å²) in [6.45, 7) is 7.49. The van der Waals surface area contributed by atoms with Gasteiger partial charge in [0.2, 0.25) is 5.91 Å². The van der Waals surface area contributed by atoms with Gasteiger partial charge in [-0.05, 0) is 78.8 Å². The number of fused-ring (bicyclic) bond motifs is 2. The molecule has 6 rings (SSSR count). The minimum absolute atomic E-state index is 0.217. The number of amides is 1. The van der Waals surface area contributed by atoms with Gasteiger partial charge in [-0.25, -0.2) is 0 Å². The lowest BCUT2D eigenvalue weighted by Crippen LogP contribution is -2.50. The number of carbonyl (C=O) groups excluding carboxylic acids is 1. The molecule has 6 heteroatoms. The van der Waals surface area contributed by atoms with Crippen molar-refractivity contribution in [1.29, 1.82) is 0 Å². The molecule has 0 N–H and O–H groups in total. The first-order valence-corrected chi connectivity index (χ1v) is 15.6. The highest BCUT2D eigenvalue weighted by Gasteiger charge is 2.37. The van der Waals surface area contributed by atoms with E-state index >= 15 is 0 Å². The van der Waals surface area contributed by atoms with Gasteiger partial charge >= 0.3 is 0 Å². The van der Waals surface area contributed by atoms with Crippen LogP contribution >= 0.6 is 0 Å². The number of rotatable bonds is 4. The van der Waals surface area contributed by atoms with E-state index in [4.69, 9.17) is 4.74 Å². The first-order chi connectivity index (χ1) is 20.2. The molecule has 1 aromatic heterocycles. The topological polar surface area (TPSA) is 48.9 Å². The summed E-state index contributed by atoms with van der Waals surface area (Å²) in [4.78, 5) is 25.1. The van der Waals surface area contributed by atoms with Crippen molar-refractivity contribution in [2.24, 2.45) is 5.41 Å². The van der Waals surface area contributed by atoms with Gasteiger partial charge in [-0.15, -0.1) is 0 Å². The van der Waals surface area contributed by atoms with E-state index in [9.17, 15) is 4.79 Å². The second-order valence-electron chi connectivity index (χ2n) is 12.3. The molecule has 6 nitrogen and oxygen atoms in total. The Kier molecular flexibility index (Phi) is 8.97. The van der Waals surface area contributed by atoms with E-state index in [2.05, 4.69) is 80.3 Å². The molecule has 3 aromatic rings. The van der Waals surface area contributed by atoms with Crippen molar-refractivity contribution in [3.05, 3.63) is 95.3 Å². The Labute approximate surface area is 245 Å². The summed E-state index contributed by atoms with van der Waals surface area (Å²) >= 11 is 0. The van der Waals surface area contributed by atoms with Crippen LogP contribution in [0.25, 0.3) is 0 Å². The Balaban J connectivity index is 1.11. The maximum atomic E-state index is 13.4. The molecule has 216 valence electrons. The van der Waals surface area contributed by atoms with Gasteiger partial charge in [0.1, 0.15) is 12.4 Å². The third kappa shape index (κ3) is 7.17. The van der Waals surface area contributed by atoms with Crippen LogP contribution in [0.15, 0.2) is 72.9 Å². The van der Waals surface area contributed by atoms with E-state index < -0.39 is 0 Å². The number of nitrogens with zero attached hydrogens (tertiary/aromatic N) is 4. The third-order valence-electron chi connectivity index (χ3n) is 9.46. The minimum Gasteiger partial charge on any atom is -0.492 e. The quantitative estimate of drug-likeness (QED) is 0.437. The second-order valence-corrected chi connectivity index (χ2v) is 12.3. The van der Waals surface area contributed by atoms with E-state index in [1.54, 1.807) is 0 Å². The molecule has 0 aliphatic carbocycles. The maximum Gasteiger partial charge on any atom is 0.236 e. The van der Waals surface area contributed by atoms with E-state index in [0.29, 0.717) is 19.1 Å². The van der Waals surface area contributed by atoms with Crippen LogP contribution in [-0.2, 0) is 30.7 Å². The fraction of sp³-hybridized carbons (Fsp3) is 0.486. The number of aryl methyl sites for hydroxylation is 1. The van der Waals surface area contributed by atoms with Crippen LogP contribution in [-0.4, -0.2) is 71.5 Å². The molecule has 2 aromatic carbocycles. The molecule has 1 saturated heterocycles. The van der Waals surface area contributed by atoms with Gasteiger partial charge < -0.3 is 9.64 Å². The van der Waals surface area contributed by atoms with Gasteiger partial charge in [-0.3, -0.25) is 19.6 Å². The van der Waals surface area contributed by atoms with E-state index in [1.807, 2.05) is 12.3 Å². The van der Waals surface area contributed by atoms with Gasteiger partial charge in [-0.2, -0.15) is 0 Å². The molecule has 0 bridgehead atoms. The Hall–Kier alpha value is -3.22. The van der Waals surface area contributed by atoms with Crippen molar-refractivity contribution in [3.8, 4) is 5.75 Å². The number of benzene rings is 2. The monoisotopic (exact) mass is 552 g/mol. The number of piperidine rings is 1. The zero-order valence-corrected chi connectivity index (χ0v) is 24.3. The Morgan fingerprint density at radius 3 is 2.39 bits per heavy atom. The highest BCUT2D eigenvalue weighted by Crippen LogP contribution is 2.39. The summed E-state index contributed by atoms with van der Waals surface area (Å²) in [7, 11) is 0. The van der Waals surface area contributed by atoms with Crippen LogP contribution in [0.4, 0.5) is 0 Å². The Morgan fingerprint density at radius 2 is 1.56 bits per heavy atom. The summed E-state index contributed by atoms with van der Waals surface area (Å²) in [6, 6.07) is 23.4. The summed E-state index contributed by atoms with van der Waals surface area (Å²) < 4.78 is 6.33. The average molecular weight is 553 g/mol. The standard InChI is InChI=1S/C35H44N4O2/c40-34(27-37-20-15-29-9-1-2-12-31(29)25-37)39-21-17-35(18-22-39)16-7-5-11-30-10-3-4-14-33(30)41-24-23-38(28-35)26-32-13-6-8-19-36-32/h1-4,6,8-10,12-14,19H,5,7,11,15-18,20-28H2. The number of pyridine rings is 1. The van der Waals surface area contributed by atoms with Crippen LogP contribution in [0.3, 0.4) is 0 Å². The molecule has 1 spiro atoms. The normalized spacial score (nSPS) is 20.2. The highest BCUT2D eigenvalue weighted by molar-refractivity contribution is 5.78. The van der Waals surface area contributed by atoms with Crippen LogP contribution in [0.1, 0.15) is 54.5 Å². The molecule has 0 radical (unpaired) electrons. The van der Waals surface area contributed by atoms with Crippen molar-refractivity contribution in [2.45, 2.75) is 58.0 Å². The first-order valence-electron chi connectivity index (χ1n) is 15.6. The van der Waals surface area contributed by atoms with Crippen molar-refractivity contribution in [1.82, 2.24) is 19.7 Å². The summed E-state index contributed by atoms with van der Waals surface area (Å²) in [5.74, 6) is 1.33. The minimum atomic E-state index is 0.217. The molecule has 3 aliphatic heterocycles. The Bertz CT molecular complexity index is 1290. The van der Waals surface area contributed by atoms with Gasteiger partial charge in [-0.1, -0.05) is 55.0 Å². The van der Waals surface area contributed by atoms with E-state index in [1.165, 1.54) is 36.0 Å². The lowest BCUT2D eigenvalue weighted by atomic mass is 9.73. The fourth-order valence-electron chi connectivity index (χ4n) is 7.06. The van der Waals surface area contributed by atoms with Crippen molar-refractivity contribution < 1.29 is 9.53 Å². The second kappa shape index (κ2) is 13.2. The number of hydrogen-bond donors (Lipinski definition) is 0. The molecule has 0 unspecified atom stereocenters. The smallest absolute Gasteiger partial charge is 0.236 e. The maximum absolute atomic E-state index is 13.4. The zero-order valence-electron chi connectivity index (χ0n) is 24.3. The number of aromatic nitrogens is 1. The number of hydrogen-bond acceptors (Lipinski definition) is 5. The predicted octanol–water partition coefficient (Wildman–Crippen LogP) is 5.36. The van der Waals surface area contributed by atoms with E-state index in [-0.39, 0.29) is 5.41 Å². The Morgan fingerprint density at radius 1 is 0.780 bits per heavy atom. The van der Waals surface area contributed by atoms with Crippen molar-refractivity contribution in [3.63, 3.8) is 0 Å². The summed E-state index contributed by atoms with van der Waals surface area (Å²) in [5, 5.41) is 0. The molecule has 4 heterocycles. The fourth-order valence-corrected chi connectivity index (χ4v) is 7.06. The molecule has 1 amide bonds. The average Bonchev–Trinajstić information content (AvgIpc) is 3.00. The molecule has 0 atom stereocenters. The molecule has 0 saturated carbocycles. The summed E-state index contributed by atoms with van der Waals surface area (Å²) in [6.07, 6.45) is 9.70. The van der Waals surface area contributed by atoms with Crippen LogP contribution in [0.2, 0.25) is 0 Å². The lowest BCUT2D eigenvalue weighted by molar-refractivity contribution is -0.135. The molecular formula is C35H44N4O2. The van der Waals surface area contributed by atoms with Crippen LogP contribution < -0.4 is 4.74 Å². The van der Waals surface area contributed by atoms with Gasteiger partial charge in [0.15, 0.2) is 0 Å². The lowest BCUT2D eigenvalue weighted by Gasteiger charge is -2.45. The molecule has 1 fully saturated rings. The largest absolute Gasteiger partial charge is 0.492 e. The first kappa shape index (κ1) is 27.9. The van der Waals surface area contributed by atoms with Crippen molar-refractivity contribution >= 4 is 5.91 Å². The number of likely N-dealkylation sites (tertiary alicyclic amines) is 1. The zero-order chi connectivity index (χ0) is 27.9. The molecule has 41 heavy (non-hydrogen) atoms. The molecule has 3 aliphatic rings. The number of carbonyl (C=O) groups is 1. The van der Waals surface area contributed by atoms with Gasteiger partial charge in [0, 0.05) is 52.0 Å².